The molecule has 1 atom stereocenters. The summed E-state index contributed by atoms with van der Waals surface area (Å²) in [4.78, 5) is 4.84. The number of nitrogens with zero attached hydrogens (tertiary/aromatic N) is 4. The molecule has 1 aliphatic rings. The molecule has 2 aromatic carbocycles. The van der Waals surface area contributed by atoms with Crippen LogP contribution in [0.15, 0.2) is 48.7 Å². The first-order valence-electron chi connectivity index (χ1n) is 12.3. The van der Waals surface area contributed by atoms with Gasteiger partial charge in [-0.2, -0.15) is 5.10 Å². The Balaban J connectivity index is 1.46. The smallest absolute Gasteiger partial charge is 0.127 e. The van der Waals surface area contributed by atoms with E-state index >= 15 is 0 Å². The van der Waals surface area contributed by atoms with Crippen LogP contribution in [0, 0.1) is 18.7 Å². The van der Waals surface area contributed by atoms with Crippen LogP contribution >= 0.6 is 0 Å². The summed E-state index contributed by atoms with van der Waals surface area (Å²) in [6, 6.07) is 12.7. The van der Waals surface area contributed by atoms with Crippen molar-refractivity contribution in [3.8, 4) is 11.5 Å². The number of hydrogen-bond acceptors (Lipinski definition) is 5. The first kappa shape index (κ1) is 25.2. The Morgan fingerprint density at radius 3 is 2.51 bits per heavy atom. The van der Waals surface area contributed by atoms with Crippen molar-refractivity contribution in [2.45, 2.75) is 45.3 Å². The zero-order valence-electron chi connectivity index (χ0n) is 21.2. The summed E-state index contributed by atoms with van der Waals surface area (Å²) in [5.74, 6) is 1.34. The van der Waals surface area contributed by atoms with Crippen molar-refractivity contribution in [1.29, 1.82) is 0 Å². The first-order valence-corrected chi connectivity index (χ1v) is 12.3. The fraction of sp³-hybridized carbons (Fsp3) is 0.464. The van der Waals surface area contributed by atoms with Crippen molar-refractivity contribution >= 4 is 0 Å². The van der Waals surface area contributed by atoms with Gasteiger partial charge in [0.1, 0.15) is 17.3 Å². The summed E-state index contributed by atoms with van der Waals surface area (Å²) in [6.07, 6.45) is 5.12. The Morgan fingerprint density at radius 2 is 1.89 bits per heavy atom. The van der Waals surface area contributed by atoms with E-state index in [0.29, 0.717) is 18.5 Å². The van der Waals surface area contributed by atoms with Crippen LogP contribution in [-0.4, -0.2) is 58.0 Å². The molecule has 0 spiro atoms. The molecule has 1 fully saturated rings. The molecule has 7 heteroatoms. The lowest BCUT2D eigenvalue weighted by Gasteiger charge is -2.40. The second-order valence-electron chi connectivity index (χ2n) is 9.80. The zero-order valence-corrected chi connectivity index (χ0v) is 21.2. The second-order valence-corrected chi connectivity index (χ2v) is 9.80. The van der Waals surface area contributed by atoms with Crippen molar-refractivity contribution < 1.29 is 14.2 Å². The number of methoxy groups -OCH3 is 1. The number of piperidine rings is 1. The number of halogens is 1. The van der Waals surface area contributed by atoms with E-state index in [4.69, 9.17) is 4.74 Å². The molecule has 2 heterocycles. The highest BCUT2D eigenvalue weighted by molar-refractivity contribution is 5.43. The van der Waals surface area contributed by atoms with E-state index in [1.807, 2.05) is 36.0 Å². The van der Waals surface area contributed by atoms with E-state index in [0.717, 1.165) is 61.5 Å². The van der Waals surface area contributed by atoms with Gasteiger partial charge >= 0.3 is 0 Å². The standard InChI is InChI=1S/C28H37FN4O2/c1-20-23(18-32(3)30-20)17-31(2)26(16-21-8-10-24(29)11-9-21)22-12-14-33(15-13-22)19-25-27(34)6-5-7-28(25)35-4/h5-11,18,22,26,34H,12-17,19H2,1-4H3/t26-/m0/s1. The van der Waals surface area contributed by atoms with Crippen LogP contribution in [0.4, 0.5) is 4.39 Å². The number of hydrogen-bond donors (Lipinski definition) is 1. The van der Waals surface area contributed by atoms with Crippen molar-refractivity contribution in [1.82, 2.24) is 19.6 Å². The molecule has 188 valence electrons. The molecule has 0 radical (unpaired) electrons. The van der Waals surface area contributed by atoms with Gasteiger partial charge in [-0.25, -0.2) is 4.39 Å². The van der Waals surface area contributed by atoms with Gasteiger partial charge in [-0.3, -0.25) is 14.5 Å². The van der Waals surface area contributed by atoms with Crippen LogP contribution < -0.4 is 4.74 Å². The fourth-order valence-electron chi connectivity index (χ4n) is 5.36. The van der Waals surface area contributed by atoms with Crippen LogP contribution in [0.3, 0.4) is 0 Å². The average Bonchev–Trinajstić information content (AvgIpc) is 3.16. The van der Waals surface area contributed by atoms with E-state index in [9.17, 15) is 9.50 Å². The highest BCUT2D eigenvalue weighted by atomic mass is 19.1. The Morgan fingerprint density at radius 1 is 1.17 bits per heavy atom. The van der Waals surface area contributed by atoms with Gasteiger partial charge in [0.25, 0.3) is 0 Å². The number of phenols is 1. The maximum atomic E-state index is 13.5. The van der Waals surface area contributed by atoms with Gasteiger partial charge in [-0.15, -0.1) is 0 Å². The molecule has 35 heavy (non-hydrogen) atoms. The molecule has 1 aromatic heterocycles. The van der Waals surface area contributed by atoms with Crippen molar-refractivity contribution in [2.75, 3.05) is 27.2 Å². The maximum absolute atomic E-state index is 13.5. The molecule has 1 aliphatic heterocycles. The van der Waals surface area contributed by atoms with E-state index in [-0.39, 0.29) is 11.6 Å². The third-order valence-corrected chi connectivity index (χ3v) is 7.35. The van der Waals surface area contributed by atoms with Crippen LogP contribution in [-0.2, 0) is 26.6 Å². The summed E-state index contributed by atoms with van der Waals surface area (Å²) in [5.41, 5.74) is 4.31. The Bertz CT molecular complexity index is 1110. The molecule has 3 aromatic rings. The van der Waals surface area contributed by atoms with Gasteiger partial charge in [0.05, 0.1) is 12.8 Å². The number of benzene rings is 2. The lowest BCUT2D eigenvalue weighted by molar-refractivity contribution is 0.0945. The van der Waals surface area contributed by atoms with Gasteiger partial charge < -0.3 is 9.84 Å². The predicted molar refractivity (Wildman–Crippen MR) is 136 cm³/mol. The summed E-state index contributed by atoms with van der Waals surface area (Å²) < 4.78 is 20.9. The summed E-state index contributed by atoms with van der Waals surface area (Å²) >= 11 is 0. The molecule has 1 N–H and O–H groups in total. The van der Waals surface area contributed by atoms with E-state index in [1.54, 1.807) is 25.3 Å². The molecule has 0 saturated carbocycles. The Labute approximate surface area is 207 Å². The van der Waals surface area contributed by atoms with Gasteiger partial charge in [0.2, 0.25) is 0 Å². The predicted octanol–water partition coefficient (Wildman–Crippen LogP) is 4.54. The summed E-state index contributed by atoms with van der Waals surface area (Å²) in [5, 5.41) is 14.9. The third-order valence-electron chi connectivity index (χ3n) is 7.35. The molecule has 0 bridgehead atoms. The molecule has 4 rings (SSSR count). The maximum Gasteiger partial charge on any atom is 0.127 e. The lowest BCUT2D eigenvalue weighted by Crippen LogP contribution is -2.45. The molecule has 6 nitrogen and oxygen atoms in total. The number of rotatable bonds is 9. The average molecular weight is 481 g/mol. The number of phenolic OH excluding ortho intramolecular Hbond substituents is 1. The molecule has 1 saturated heterocycles. The fourth-order valence-corrected chi connectivity index (χ4v) is 5.36. The summed E-state index contributed by atoms with van der Waals surface area (Å²) in [6.45, 7) is 5.49. The van der Waals surface area contributed by atoms with Crippen molar-refractivity contribution in [3.63, 3.8) is 0 Å². The van der Waals surface area contributed by atoms with Gasteiger partial charge in [-0.05, 0) is 82.1 Å². The minimum absolute atomic E-state index is 0.197. The Hall–Kier alpha value is -2.90. The monoisotopic (exact) mass is 480 g/mol. The number of aryl methyl sites for hydroxylation is 2. The quantitative estimate of drug-likeness (QED) is 0.488. The molecular weight excluding hydrogens is 443 g/mol. The lowest BCUT2D eigenvalue weighted by atomic mass is 9.84. The topological polar surface area (TPSA) is 53.8 Å². The molecule has 0 aliphatic carbocycles. The largest absolute Gasteiger partial charge is 0.507 e. The highest BCUT2D eigenvalue weighted by Gasteiger charge is 2.30. The van der Waals surface area contributed by atoms with E-state index < -0.39 is 0 Å². The number of likely N-dealkylation sites (N-methyl/N-ethyl adjacent to an activating group) is 1. The SMILES string of the molecule is COc1cccc(O)c1CN1CCC([C@H](Cc2ccc(F)cc2)N(C)Cc2cn(C)nc2C)CC1. The minimum atomic E-state index is -0.197. The highest BCUT2D eigenvalue weighted by Crippen LogP contribution is 2.32. The van der Waals surface area contributed by atoms with Crippen molar-refractivity contribution in [3.05, 3.63) is 76.9 Å². The number of likely N-dealkylation sites (tertiary alicyclic amines) is 1. The van der Waals surface area contributed by atoms with Crippen LogP contribution in [0.25, 0.3) is 0 Å². The van der Waals surface area contributed by atoms with Crippen LogP contribution in [0.1, 0.15) is 35.2 Å². The van der Waals surface area contributed by atoms with Crippen LogP contribution in [0.2, 0.25) is 0 Å². The van der Waals surface area contributed by atoms with Gasteiger partial charge in [-0.1, -0.05) is 18.2 Å². The number of aromatic hydroxyl groups is 1. The first-order chi connectivity index (χ1) is 16.8. The van der Waals surface area contributed by atoms with Gasteiger partial charge in [0.15, 0.2) is 0 Å². The normalized spacial score (nSPS) is 16.1. The molecule has 0 unspecified atom stereocenters. The minimum Gasteiger partial charge on any atom is -0.507 e. The van der Waals surface area contributed by atoms with Crippen molar-refractivity contribution in [2.24, 2.45) is 13.0 Å². The molecule has 0 amide bonds. The van der Waals surface area contributed by atoms with E-state index in [1.165, 1.54) is 5.56 Å². The molecular formula is C28H37FN4O2. The van der Waals surface area contributed by atoms with Gasteiger partial charge in [0, 0.05) is 43.5 Å². The zero-order chi connectivity index (χ0) is 24.9. The van der Waals surface area contributed by atoms with Crippen LogP contribution in [0.5, 0.6) is 11.5 Å². The summed E-state index contributed by atoms with van der Waals surface area (Å²) in [7, 11) is 5.80. The Kier molecular flexibility index (Phi) is 8.08. The number of aromatic nitrogens is 2. The van der Waals surface area contributed by atoms with E-state index in [2.05, 4.69) is 35.1 Å². The third kappa shape index (κ3) is 6.21. The number of ether oxygens (including phenoxy) is 1. The second kappa shape index (κ2) is 11.2.